The van der Waals surface area contributed by atoms with Crippen molar-refractivity contribution in [3.63, 3.8) is 0 Å². The highest BCUT2D eigenvalue weighted by atomic mass is 19.1. The van der Waals surface area contributed by atoms with Gasteiger partial charge in [0.25, 0.3) is 0 Å². The Morgan fingerprint density at radius 3 is 1.69 bits per heavy atom. The van der Waals surface area contributed by atoms with E-state index in [1.54, 1.807) is 0 Å². The van der Waals surface area contributed by atoms with Crippen LogP contribution in [-0.2, 0) is 0 Å². The summed E-state index contributed by atoms with van der Waals surface area (Å²) in [5, 5.41) is 0. The largest absolute Gasteiger partial charge is 0.328 e. The summed E-state index contributed by atoms with van der Waals surface area (Å²) in [4.78, 5) is 0. The van der Waals surface area contributed by atoms with Gasteiger partial charge in [0, 0.05) is 6.54 Å². The number of halogens is 1. The molecular weight excluding hydrogens is 201 g/mol. The van der Waals surface area contributed by atoms with E-state index in [0.717, 1.165) is 6.42 Å². The Labute approximate surface area is 101 Å². The molecule has 0 heterocycles. The summed E-state index contributed by atoms with van der Waals surface area (Å²) in [6, 6.07) is 0. The van der Waals surface area contributed by atoms with Gasteiger partial charge in [-0.2, -0.15) is 0 Å². The van der Waals surface area contributed by atoms with Crippen molar-refractivity contribution < 1.29 is 4.39 Å². The molecule has 0 saturated heterocycles. The first-order valence-electron chi connectivity index (χ1n) is 7.15. The van der Waals surface area contributed by atoms with Gasteiger partial charge in [-0.05, 0) is 6.42 Å². The van der Waals surface area contributed by atoms with E-state index in [-0.39, 0.29) is 6.54 Å². The molecule has 0 bridgehead atoms. The summed E-state index contributed by atoms with van der Waals surface area (Å²) in [5.74, 6) is 0. The number of hydrogen-bond donors (Lipinski definition) is 1. The molecule has 0 amide bonds. The van der Waals surface area contributed by atoms with Crippen molar-refractivity contribution in [2.24, 2.45) is 5.73 Å². The highest BCUT2D eigenvalue weighted by Crippen LogP contribution is 2.12. The van der Waals surface area contributed by atoms with E-state index in [0.29, 0.717) is 6.42 Å². The van der Waals surface area contributed by atoms with E-state index in [9.17, 15) is 4.39 Å². The van der Waals surface area contributed by atoms with Gasteiger partial charge in [0.15, 0.2) is 0 Å². The Balaban J connectivity index is 2.93. The van der Waals surface area contributed by atoms with Crippen molar-refractivity contribution in [3.05, 3.63) is 0 Å². The molecule has 0 aliphatic rings. The lowest BCUT2D eigenvalue weighted by Crippen LogP contribution is -2.14. The normalized spacial score (nSPS) is 12.9. The molecule has 1 unspecified atom stereocenters. The van der Waals surface area contributed by atoms with Gasteiger partial charge in [0.05, 0.1) is 0 Å². The lowest BCUT2D eigenvalue weighted by Gasteiger charge is -2.04. The van der Waals surface area contributed by atoms with Gasteiger partial charge in [0.2, 0.25) is 0 Å². The molecule has 0 fully saturated rings. The number of unbranched alkanes of at least 4 members (excludes halogenated alkanes) is 9. The van der Waals surface area contributed by atoms with Gasteiger partial charge < -0.3 is 5.73 Å². The summed E-state index contributed by atoms with van der Waals surface area (Å²) >= 11 is 0. The van der Waals surface area contributed by atoms with Crippen LogP contribution in [-0.4, -0.2) is 12.7 Å². The maximum absolute atomic E-state index is 12.8. The van der Waals surface area contributed by atoms with E-state index >= 15 is 0 Å². The van der Waals surface area contributed by atoms with Crippen LogP contribution < -0.4 is 5.73 Å². The third-order valence-electron chi connectivity index (χ3n) is 3.13. The van der Waals surface area contributed by atoms with Crippen LogP contribution in [0.25, 0.3) is 0 Å². The highest BCUT2D eigenvalue weighted by molar-refractivity contribution is 4.56. The van der Waals surface area contributed by atoms with E-state index in [1.165, 1.54) is 57.8 Å². The summed E-state index contributed by atoms with van der Waals surface area (Å²) < 4.78 is 12.8. The van der Waals surface area contributed by atoms with Gasteiger partial charge in [-0.3, -0.25) is 0 Å². The Morgan fingerprint density at radius 2 is 1.25 bits per heavy atom. The second-order valence-corrected chi connectivity index (χ2v) is 4.80. The van der Waals surface area contributed by atoms with Gasteiger partial charge in [-0.25, -0.2) is 4.39 Å². The average Bonchev–Trinajstić information content (AvgIpc) is 2.31. The molecule has 0 aliphatic heterocycles. The number of nitrogens with two attached hydrogens (primary N) is 1. The second kappa shape index (κ2) is 13.0. The fraction of sp³-hybridized carbons (Fsp3) is 1.00. The zero-order valence-electron chi connectivity index (χ0n) is 11.0. The molecule has 16 heavy (non-hydrogen) atoms. The van der Waals surface area contributed by atoms with E-state index in [2.05, 4.69) is 6.92 Å². The molecular formula is C14H30FN. The van der Waals surface area contributed by atoms with Crippen LogP contribution in [0.1, 0.15) is 77.6 Å². The van der Waals surface area contributed by atoms with Gasteiger partial charge >= 0.3 is 0 Å². The first-order chi connectivity index (χ1) is 7.81. The van der Waals surface area contributed by atoms with Crippen LogP contribution in [0.15, 0.2) is 0 Å². The quantitative estimate of drug-likeness (QED) is 0.488. The molecule has 0 rings (SSSR count). The molecule has 0 aromatic carbocycles. The van der Waals surface area contributed by atoms with Crippen LogP contribution in [0, 0.1) is 0 Å². The molecule has 1 atom stereocenters. The van der Waals surface area contributed by atoms with Crippen LogP contribution >= 0.6 is 0 Å². The van der Waals surface area contributed by atoms with Crippen LogP contribution in [0.3, 0.4) is 0 Å². The second-order valence-electron chi connectivity index (χ2n) is 4.80. The number of rotatable bonds is 12. The van der Waals surface area contributed by atoms with E-state index in [4.69, 9.17) is 5.73 Å². The van der Waals surface area contributed by atoms with E-state index < -0.39 is 6.17 Å². The molecule has 0 radical (unpaired) electrons. The minimum atomic E-state index is -0.769. The van der Waals surface area contributed by atoms with Crippen molar-refractivity contribution in [1.82, 2.24) is 0 Å². The molecule has 0 aromatic rings. The molecule has 1 nitrogen and oxygen atoms in total. The zero-order valence-corrected chi connectivity index (χ0v) is 11.0. The summed E-state index contributed by atoms with van der Waals surface area (Å²) in [5.41, 5.74) is 5.22. The Hall–Kier alpha value is -0.110. The minimum absolute atomic E-state index is 0.192. The molecule has 2 heteroatoms. The monoisotopic (exact) mass is 231 g/mol. The van der Waals surface area contributed by atoms with Gasteiger partial charge in [-0.1, -0.05) is 71.1 Å². The van der Waals surface area contributed by atoms with Gasteiger partial charge in [0.1, 0.15) is 6.17 Å². The molecule has 0 aliphatic carbocycles. The summed E-state index contributed by atoms with van der Waals surface area (Å²) in [6.07, 6.45) is 12.9. The molecule has 2 N–H and O–H groups in total. The smallest absolute Gasteiger partial charge is 0.112 e. The Kier molecular flexibility index (Phi) is 12.9. The van der Waals surface area contributed by atoms with Crippen molar-refractivity contribution in [3.8, 4) is 0 Å². The third-order valence-corrected chi connectivity index (χ3v) is 3.13. The van der Waals surface area contributed by atoms with Gasteiger partial charge in [-0.15, -0.1) is 0 Å². The first kappa shape index (κ1) is 15.9. The standard InChI is InChI=1S/C14H30FN/c1-2-3-4-5-6-7-8-9-10-11-12-14(15)13-16/h14H,2-13,16H2,1H3. The maximum Gasteiger partial charge on any atom is 0.112 e. The van der Waals surface area contributed by atoms with E-state index in [1.807, 2.05) is 0 Å². The average molecular weight is 231 g/mol. The Bertz CT molecular complexity index is 128. The topological polar surface area (TPSA) is 26.0 Å². The van der Waals surface area contributed by atoms with Crippen molar-refractivity contribution in [2.75, 3.05) is 6.54 Å². The third kappa shape index (κ3) is 12.0. The zero-order chi connectivity index (χ0) is 12.1. The highest BCUT2D eigenvalue weighted by Gasteiger charge is 2.01. The predicted molar refractivity (Wildman–Crippen MR) is 70.4 cm³/mol. The van der Waals surface area contributed by atoms with Crippen molar-refractivity contribution in [2.45, 2.75) is 83.7 Å². The predicted octanol–water partition coefficient (Wildman–Crippen LogP) is 4.59. The maximum atomic E-state index is 12.8. The lowest BCUT2D eigenvalue weighted by molar-refractivity contribution is 0.312. The van der Waals surface area contributed by atoms with Crippen LogP contribution in [0.5, 0.6) is 0 Å². The number of hydrogen-bond acceptors (Lipinski definition) is 1. The lowest BCUT2D eigenvalue weighted by atomic mass is 10.1. The van der Waals surface area contributed by atoms with Crippen LogP contribution in [0.2, 0.25) is 0 Å². The SMILES string of the molecule is CCCCCCCCCCCCC(F)CN. The van der Waals surface area contributed by atoms with Crippen molar-refractivity contribution >= 4 is 0 Å². The molecule has 98 valence electrons. The molecule has 0 saturated carbocycles. The summed E-state index contributed by atoms with van der Waals surface area (Å²) in [6.45, 7) is 2.44. The molecule has 0 spiro atoms. The van der Waals surface area contributed by atoms with Crippen molar-refractivity contribution in [1.29, 1.82) is 0 Å². The fourth-order valence-corrected chi connectivity index (χ4v) is 1.97. The van der Waals surface area contributed by atoms with Crippen LogP contribution in [0.4, 0.5) is 4.39 Å². The Morgan fingerprint density at radius 1 is 0.812 bits per heavy atom. The first-order valence-corrected chi connectivity index (χ1v) is 7.15. The fourth-order valence-electron chi connectivity index (χ4n) is 1.97. The molecule has 0 aromatic heterocycles. The minimum Gasteiger partial charge on any atom is -0.328 e. The summed E-state index contributed by atoms with van der Waals surface area (Å²) in [7, 11) is 0. The number of alkyl halides is 1.